The molecule has 4 atom stereocenters. The monoisotopic (exact) mass is 379 g/mol. The van der Waals surface area contributed by atoms with Crippen LogP contribution in [0.3, 0.4) is 0 Å². The third-order valence-corrected chi connectivity index (χ3v) is 7.62. The first kappa shape index (κ1) is 18.8. The minimum atomic E-state index is -0.494. The molecule has 144 valence electrons. The molecule has 0 aromatic carbocycles. The first-order valence-electron chi connectivity index (χ1n) is 9.53. The van der Waals surface area contributed by atoms with Crippen LogP contribution in [0, 0.1) is 0 Å². The Kier molecular flexibility index (Phi) is 4.00. The zero-order valence-corrected chi connectivity index (χ0v) is 17.7. The van der Waals surface area contributed by atoms with Crippen LogP contribution in [-0.4, -0.2) is 63.9 Å². The molecule has 4 heterocycles. The number of thioether (sulfide) groups is 1. The third kappa shape index (κ3) is 2.69. The smallest absolute Gasteiger partial charge is 0.459 e. The van der Waals surface area contributed by atoms with Crippen molar-refractivity contribution >= 4 is 24.8 Å². The summed E-state index contributed by atoms with van der Waals surface area (Å²) in [6.45, 7) is 14.1. The van der Waals surface area contributed by atoms with Crippen molar-refractivity contribution in [3.05, 3.63) is 11.5 Å². The normalized spacial score (nSPS) is 39.9. The van der Waals surface area contributed by atoms with Crippen molar-refractivity contribution < 1.29 is 18.8 Å². The van der Waals surface area contributed by atoms with Crippen molar-refractivity contribution in [2.24, 2.45) is 0 Å². The number of fused-ring (bicyclic) bond motifs is 1. The van der Waals surface area contributed by atoms with E-state index in [1.165, 1.54) is 5.47 Å². The zero-order chi connectivity index (χ0) is 19.1. The van der Waals surface area contributed by atoms with Crippen LogP contribution in [0.4, 0.5) is 0 Å². The van der Waals surface area contributed by atoms with E-state index < -0.39 is 11.1 Å². The highest BCUT2D eigenvalue weighted by molar-refractivity contribution is 7.99. The minimum absolute atomic E-state index is 0.0846. The number of ether oxygens (including phenoxy) is 1. The zero-order valence-electron chi connectivity index (χ0n) is 16.9. The summed E-state index contributed by atoms with van der Waals surface area (Å²) in [6.07, 6.45) is 3.11. The second kappa shape index (κ2) is 5.52. The number of rotatable bonds is 2. The molecule has 0 bridgehead atoms. The van der Waals surface area contributed by atoms with Gasteiger partial charge in [0.1, 0.15) is 11.1 Å². The van der Waals surface area contributed by atoms with Gasteiger partial charge < -0.3 is 14.0 Å². The van der Waals surface area contributed by atoms with Gasteiger partial charge in [-0.2, -0.15) is 11.8 Å². The van der Waals surface area contributed by atoms with Crippen LogP contribution in [-0.2, 0) is 18.8 Å². The Morgan fingerprint density at radius 3 is 2.46 bits per heavy atom. The van der Waals surface area contributed by atoms with Crippen LogP contribution in [0.25, 0.3) is 0 Å². The Bertz CT molecular complexity index is 655. The van der Waals surface area contributed by atoms with Crippen LogP contribution >= 0.6 is 11.8 Å². The average Bonchev–Trinajstić information content (AvgIpc) is 3.09. The molecular weight excluding hydrogens is 349 g/mol. The maximum absolute atomic E-state index is 13.0. The van der Waals surface area contributed by atoms with Gasteiger partial charge in [-0.05, 0) is 60.4 Å². The van der Waals surface area contributed by atoms with Crippen molar-refractivity contribution in [1.29, 1.82) is 0 Å². The Morgan fingerprint density at radius 2 is 1.88 bits per heavy atom. The molecule has 0 N–H and O–H groups in total. The summed E-state index contributed by atoms with van der Waals surface area (Å²) in [5, 5.41) is 0. The number of esters is 1. The van der Waals surface area contributed by atoms with Gasteiger partial charge in [0.05, 0.1) is 17.2 Å². The number of nitrogens with zero attached hydrogens (tertiary/aromatic N) is 1. The first-order chi connectivity index (χ1) is 11.9. The largest absolute Gasteiger partial charge is 0.490 e. The maximum Gasteiger partial charge on any atom is 0.490 e. The summed E-state index contributed by atoms with van der Waals surface area (Å²) in [5.74, 6) is 1.76. The Labute approximate surface area is 161 Å². The average molecular weight is 379 g/mol. The van der Waals surface area contributed by atoms with Crippen LogP contribution in [0.1, 0.15) is 54.9 Å². The molecule has 0 aromatic rings. The van der Waals surface area contributed by atoms with Crippen LogP contribution in [0.15, 0.2) is 11.5 Å². The van der Waals surface area contributed by atoms with Gasteiger partial charge in [-0.15, -0.1) is 0 Å². The fourth-order valence-electron chi connectivity index (χ4n) is 4.26. The van der Waals surface area contributed by atoms with Crippen molar-refractivity contribution in [1.82, 2.24) is 4.90 Å². The summed E-state index contributed by atoms with van der Waals surface area (Å²) in [7, 11) is -0.315. The number of hydrogen-bond acceptors (Lipinski definition) is 6. The second-order valence-corrected chi connectivity index (χ2v) is 11.0. The maximum atomic E-state index is 13.0. The van der Waals surface area contributed by atoms with E-state index in [0.717, 1.165) is 17.9 Å². The molecule has 4 aliphatic heterocycles. The van der Waals surface area contributed by atoms with Gasteiger partial charge in [0.2, 0.25) is 0 Å². The lowest BCUT2D eigenvalue weighted by atomic mass is 9.73. The Morgan fingerprint density at radius 1 is 1.27 bits per heavy atom. The van der Waals surface area contributed by atoms with E-state index in [0.29, 0.717) is 6.04 Å². The van der Waals surface area contributed by atoms with E-state index >= 15 is 0 Å². The summed E-state index contributed by atoms with van der Waals surface area (Å²) in [4.78, 5) is 15.3. The van der Waals surface area contributed by atoms with Gasteiger partial charge in [0.25, 0.3) is 0 Å². The van der Waals surface area contributed by atoms with E-state index in [-0.39, 0.29) is 30.3 Å². The van der Waals surface area contributed by atoms with Gasteiger partial charge in [0, 0.05) is 17.5 Å². The summed E-state index contributed by atoms with van der Waals surface area (Å²) in [6, 6.07) is 0.463. The highest BCUT2D eigenvalue weighted by Crippen LogP contribution is 2.56. The van der Waals surface area contributed by atoms with Gasteiger partial charge in [-0.3, -0.25) is 4.90 Å². The second-order valence-electron chi connectivity index (χ2n) is 9.98. The molecule has 7 heteroatoms. The topological polar surface area (TPSA) is 47.8 Å². The van der Waals surface area contributed by atoms with Crippen molar-refractivity contribution in [3.8, 4) is 0 Å². The van der Waals surface area contributed by atoms with Crippen molar-refractivity contribution in [2.45, 2.75) is 89.3 Å². The number of carbonyl (C=O) groups is 1. The summed E-state index contributed by atoms with van der Waals surface area (Å²) >= 11 is 1.86. The SMILES string of the molecule is CC(C)(C)OC(=O)C12CSCC3CC(B4OC(C)(C)C(C)(C)O4)=CC1N32. The van der Waals surface area contributed by atoms with Gasteiger partial charge in [0.15, 0.2) is 0 Å². The van der Waals surface area contributed by atoms with Gasteiger partial charge in [-0.25, -0.2) is 4.79 Å². The van der Waals surface area contributed by atoms with E-state index in [1.54, 1.807) is 0 Å². The Balaban J connectivity index is 1.59. The van der Waals surface area contributed by atoms with Crippen LogP contribution in [0.5, 0.6) is 0 Å². The molecule has 4 rings (SSSR count). The minimum Gasteiger partial charge on any atom is -0.459 e. The lowest BCUT2D eigenvalue weighted by Crippen LogP contribution is -2.45. The molecule has 4 aliphatic rings. The molecule has 26 heavy (non-hydrogen) atoms. The van der Waals surface area contributed by atoms with Crippen LogP contribution in [0.2, 0.25) is 0 Å². The Hall–Kier alpha value is -0.495. The van der Waals surface area contributed by atoms with Gasteiger partial charge >= 0.3 is 13.1 Å². The highest BCUT2D eigenvalue weighted by Gasteiger charge is 2.73. The highest BCUT2D eigenvalue weighted by atomic mass is 32.2. The third-order valence-electron chi connectivity index (χ3n) is 6.36. The fraction of sp³-hybridized carbons (Fsp3) is 0.842. The fourth-order valence-corrected chi connectivity index (χ4v) is 5.68. The molecule has 3 saturated heterocycles. The summed E-state index contributed by atoms with van der Waals surface area (Å²) < 4.78 is 18.3. The van der Waals surface area contributed by atoms with E-state index in [4.69, 9.17) is 14.0 Å². The van der Waals surface area contributed by atoms with Crippen LogP contribution < -0.4 is 0 Å². The predicted molar refractivity (Wildman–Crippen MR) is 104 cm³/mol. The number of hydrogen-bond donors (Lipinski definition) is 0. The molecule has 3 fully saturated rings. The molecule has 0 spiro atoms. The molecular formula is C19H30BNO4S. The standard InChI is InChI=1S/C19H30BNO4S/c1-16(2,3)23-15(22)19-11-26-10-13-8-12(9-14(19)21(13)19)20-24-17(4,5)18(6,7)25-20/h9,13-14H,8,10-11H2,1-7H3. The molecule has 5 nitrogen and oxygen atoms in total. The predicted octanol–water partition coefficient (Wildman–Crippen LogP) is 2.83. The van der Waals surface area contributed by atoms with E-state index in [1.807, 2.05) is 32.5 Å². The lowest BCUT2D eigenvalue weighted by molar-refractivity contribution is -0.159. The molecule has 0 saturated carbocycles. The van der Waals surface area contributed by atoms with E-state index in [9.17, 15) is 4.79 Å². The molecule has 0 radical (unpaired) electrons. The molecule has 0 amide bonds. The molecule has 0 aliphatic carbocycles. The van der Waals surface area contributed by atoms with Crippen molar-refractivity contribution in [3.63, 3.8) is 0 Å². The summed E-state index contributed by atoms with van der Waals surface area (Å²) in [5.41, 5.74) is -0.457. The first-order valence-corrected chi connectivity index (χ1v) is 10.7. The van der Waals surface area contributed by atoms with Crippen molar-refractivity contribution in [2.75, 3.05) is 11.5 Å². The molecule has 4 unspecified atom stereocenters. The number of carbonyl (C=O) groups excluding carboxylic acids is 1. The quantitative estimate of drug-likeness (QED) is 0.418. The van der Waals surface area contributed by atoms with E-state index in [2.05, 4.69) is 38.7 Å². The molecule has 0 aromatic heterocycles. The van der Waals surface area contributed by atoms with Gasteiger partial charge in [-0.1, -0.05) is 6.08 Å². The lowest BCUT2D eigenvalue weighted by Gasteiger charge is -2.32.